The molecule has 5 nitrogen and oxygen atoms in total. The first-order chi connectivity index (χ1) is 8.69. The van der Waals surface area contributed by atoms with Gasteiger partial charge in [-0.2, -0.15) is 4.98 Å². The van der Waals surface area contributed by atoms with Crippen LogP contribution in [-0.2, 0) is 4.84 Å². The van der Waals surface area contributed by atoms with Crippen LogP contribution in [0.5, 0.6) is 0 Å². The van der Waals surface area contributed by atoms with Gasteiger partial charge in [0, 0.05) is 16.1 Å². The third-order valence-electron chi connectivity index (χ3n) is 2.01. The van der Waals surface area contributed by atoms with Crippen molar-refractivity contribution >= 4 is 35.1 Å². The van der Waals surface area contributed by atoms with Crippen molar-refractivity contribution in [2.75, 3.05) is 18.3 Å². The Labute approximate surface area is 114 Å². The quantitative estimate of drug-likeness (QED) is 0.840. The van der Waals surface area contributed by atoms with Crippen molar-refractivity contribution in [3.8, 4) is 0 Å². The highest BCUT2D eigenvalue weighted by molar-refractivity contribution is 7.99. The van der Waals surface area contributed by atoms with Crippen molar-refractivity contribution in [2.45, 2.75) is 9.79 Å². The molecule has 3 N–H and O–H groups in total. The molecule has 0 fully saturated rings. The van der Waals surface area contributed by atoms with Crippen LogP contribution in [0.3, 0.4) is 0 Å². The van der Waals surface area contributed by atoms with Crippen LogP contribution in [0.15, 0.2) is 40.3 Å². The molecule has 1 heterocycles. The van der Waals surface area contributed by atoms with Gasteiger partial charge >= 0.3 is 0 Å². The highest BCUT2D eigenvalue weighted by Crippen LogP contribution is 2.32. The van der Waals surface area contributed by atoms with E-state index in [4.69, 9.17) is 22.2 Å². The number of nitrogens with one attached hydrogen (secondary N) is 1. The Kier molecular flexibility index (Phi) is 4.24. The van der Waals surface area contributed by atoms with Crippen LogP contribution in [0.4, 0.5) is 11.8 Å². The highest BCUT2D eigenvalue weighted by atomic mass is 35.5. The van der Waals surface area contributed by atoms with E-state index in [1.807, 2.05) is 24.3 Å². The summed E-state index contributed by atoms with van der Waals surface area (Å²) in [5.41, 5.74) is 8.20. The molecule has 94 valence electrons. The lowest BCUT2D eigenvalue weighted by atomic mass is 10.4. The summed E-state index contributed by atoms with van der Waals surface area (Å²) < 4.78 is 0. The van der Waals surface area contributed by atoms with Crippen LogP contribution in [0, 0.1) is 0 Å². The largest absolute Gasteiger partial charge is 0.368 e. The molecule has 0 radical (unpaired) electrons. The topological polar surface area (TPSA) is 73.1 Å². The van der Waals surface area contributed by atoms with Crippen LogP contribution < -0.4 is 11.2 Å². The summed E-state index contributed by atoms with van der Waals surface area (Å²) in [4.78, 5) is 14.7. The molecule has 2 aromatic rings. The fourth-order valence-corrected chi connectivity index (χ4v) is 2.20. The Morgan fingerprint density at radius 3 is 2.72 bits per heavy atom. The van der Waals surface area contributed by atoms with E-state index in [2.05, 4.69) is 15.4 Å². The van der Waals surface area contributed by atoms with Crippen LogP contribution in [0.25, 0.3) is 0 Å². The fraction of sp³-hybridized carbons (Fsp3) is 0.0909. The third kappa shape index (κ3) is 3.25. The molecular weight excluding hydrogens is 272 g/mol. The molecule has 0 saturated heterocycles. The number of nitrogens with two attached hydrogens (primary N) is 1. The molecule has 0 aliphatic heterocycles. The number of hydrogen-bond donors (Lipinski definition) is 2. The maximum Gasteiger partial charge on any atom is 0.222 e. The van der Waals surface area contributed by atoms with Crippen molar-refractivity contribution in [1.82, 2.24) is 9.97 Å². The Balaban J connectivity index is 2.25. The van der Waals surface area contributed by atoms with E-state index in [1.165, 1.54) is 18.9 Å². The minimum atomic E-state index is 0.190. The third-order valence-corrected chi connectivity index (χ3v) is 3.29. The zero-order chi connectivity index (χ0) is 13.0. The van der Waals surface area contributed by atoms with Crippen LogP contribution in [0.2, 0.25) is 5.02 Å². The summed E-state index contributed by atoms with van der Waals surface area (Å²) in [6.07, 6.45) is 1.64. The second-order valence-corrected chi connectivity index (χ2v) is 4.86. The lowest BCUT2D eigenvalue weighted by Gasteiger charge is -2.08. The van der Waals surface area contributed by atoms with E-state index in [1.54, 1.807) is 6.20 Å². The molecule has 18 heavy (non-hydrogen) atoms. The first-order valence-electron chi connectivity index (χ1n) is 5.04. The number of nitrogens with zero attached hydrogens (tertiary/aromatic N) is 2. The summed E-state index contributed by atoms with van der Waals surface area (Å²) in [6.45, 7) is 0. The maximum atomic E-state index is 5.83. The molecule has 0 aliphatic carbocycles. The minimum absolute atomic E-state index is 0.190. The van der Waals surface area contributed by atoms with Gasteiger partial charge in [-0.1, -0.05) is 23.4 Å². The monoisotopic (exact) mass is 282 g/mol. The van der Waals surface area contributed by atoms with Crippen molar-refractivity contribution in [1.29, 1.82) is 0 Å². The molecule has 0 bridgehead atoms. The van der Waals surface area contributed by atoms with Gasteiger partial charge in [0.15, 0.2) is 5.82 Å². The normalized spacial score (nSPS) is 10.3. The molecule has 1 aromatic heterocycles. The van der Waals surface area contributed by atoms with Crippen molar-refractivity contribution in [3.05, 3.63) is 35.5 Å². The average molecular weight is 283 g/mol. The van der Waals surface area contributed by atoms with Gasteiger partial charge in [0.2, 0.25) is 5.95 Å². The summed E-state index contributed by atoms with van der Waals surface area (Å²) in [7, 11) is 1.51. The summed E-state index contributed by atoms with van der Waals surface area (Å²) >= 11 is 7.32. The molecule has 0 unspecified atom stereocenters. The zero-order valence-corrected chi connectivity index (χ0v) is 11.1. The fourth-order valence-electron chi connectivity index (χ4n) is 1.26. The molecule has 0 atom stereocenters. The van der Waals surface area contributed by atoms with Gasteiger partial charge < -0.3 is 5.73 Å². The lowest BCUT2D eigenvalue weighted by molar-refractivity contribution is 0.268. The van der Waals surface area contributed by atoms with E-state index in [9.17, 15) is 0 Å². The van der Waals surface area contributed by atoms with Gasteiger partial charge in [-0.3, -0.25) is 4.84 Å². The molecule has 0 amide bonds. The standard InChI is InChI=1S/C11H11ClN4OS/c1-17-16-10-9(6-14-11(13)15-10)18-8-4-2-7(12)3-5-8/h2-6H,1H3,(H3,13,14,15,16). The number of hydrogen-bond acceptors (Lipinski definition) is 6. The van der Waals surface area contributed by atoms with Gasteiger partial charge in [-0.05, 0) is 24.3 Å². The predicted molar refractivity (Wildman–Crippen MR) is 72.7 cm³/mol. The first kappa shape index (κ1) is 12.9. The van der Waals surface area contributed by atoms with Crippen LogP contribution in [-0.4, -0.2) is 17.1 Å². The van der Waals surface area contributed by atoms with E-state index < -0.39 is 0 Å². The van der Waals surface area contributed by atoms with Crippen LogP contribution >= 0.6 is 23.4 Å². The number of nitrogen functional groups attached to an aromatic ring is 1. The highest BCUT2D eigenvalue weighted by Gasteiger charge is 2.07. The molecular formula is C11H11ClN4OS. The molecule has 7 heteroatoms. The molecule has 2 rings (SSSR count). The molecule has 0 aliphatic rings. The van der Waals surface area contributed by atoms with Gasteiger partial charge in [0.1, 0.15) is 0 Å². The van der Waals surface area contributed by atoms with E-state index >= 15 is 0 Å². The smallest absolute Gasteiger partial charge is 0.222 e. The number of halogens is 1. The number of benzene rings is 1. The van der Waals surface area contributed by atoms with Crippen molar-refractivity contribution < 1.29 is 4.84 Å². The second kappa shape index (κ2) is 5.90. The Morgan fingerprint density at radius 1 is 1.33 bits per heavy atom. The minimum Gasteiger partial charge on any atom is -0.368 e. The van der Waals surface area contributed by atoms with Crippen LogP contribution in [0.1, 0.15) is 0 Å². The van der Waals surface area contributed by atoms with Crippen molar-refractivity contribution in [3.63, 3.8) is 0 Å². The van der Waals surface area contributed by atoms with E-state index in [0.29, 0.717) is 10.8 Å². The number of aromatic nitrogens is 2. The SMILES string of the molecule is CONc1nc(N)ncc1Sc1ccc(Cl)cc1. The Hall–Kier alpha value is -1.50. The lowest BCUT2D eigenvalue weighted by Crippen LogP contribution is -2.04. The Bertz CT molecular complexity index is 535. The van der Waals surface area contributed by atoms with E-state index in [0.717, 1.165) is 9.79 Å². The first-order valence-corrected chi connectivity index (χ1v) is 6.23. The van der Waals surface area contributed by atoms with Gasteiger partial charge in [-0.15, -0.1) is 0 Å². The predicted octanol–water partition coefficient (Wildman–Crippen LogP) is 2.84. The average Bonchev–Trinajstić information content (AvgIpc) is 2.36. The number of anilines is 2. The van der Waals surface area contributed by atoms with Crippen molar-refractivity contribution in [2.24, 2.45) is 0 Å². The summed E-state index contributed by atoms with van der Waals surface area (Å²) in [6, 6.07) is 7.48. The van der Waals surface area contributed by atoms with Gasteiger partial charge in [-0.25, -0.2) is 10.5 Å². The van der Waals surface area contributed by atoms with Gasteiger partial charge in [0.05, 0.1) is 12.0 Å². The second-order valence-electron chi connectivity index (χ2n) is 3.30. The molecule has 0 saturated carbocycles. The van der Waals surface area contributed by atoms with Gasteiger partial charge in [0.25, 0.3) is 0 Å². The summed E-state index contributed by atoms with van der Waals surface area (Å²) in [5.74, 6) is 0.722. The Morgan fingerprint density at radius 2 is 2.06 bits per heavy atom. The number of rotatable bonds is 4. The maximum absolute atomic E-state index is 5.83. The zero-order valence-electron chi connectivity index (χ0n) is 9.55. The van der Waals surface area contributed by atoms with E-state index in [-0.39, 0.29) is 5.95 Å². The summed E-state index contributed by atoms with van der Waals surface area (Å²) in [5, 5.41) is 0.697. The molecule has 1 aromatic carbocycles. The molecule has 0 spiro atoms.